The van der Waals surface area contributed by atoms with Gasteiger partial charge in [0.15, 0.2) is 23.4 Å². The van der Waals surface area contributed by atoms with Gasteiger partial charge < -0.3 is 19.7 Å². The molecule has 2 aliphatic heterocycles. The Labute approximate surface area is 146 Å². The van der Waals surface area contributed by atoms with Crippen LogP contribution in [0.25, 0.3) is 6.08 Å². The van der Waals surface area contributed by atoms with Crippen LogP contribution in [0.15, 0.2) is 29.3 Å². The van der Waals surface area contributed by atoms with Crippen LogP contribution in [0.5, 0.6) is 11.5 Å². The van der Waals surface area contributed by atoms with Gasteiger partial charge in [-0.25, -0.2) is 4.99 Å². The quantitative estimate of drug-likeness (QED) is 0.828. The van der Waals surface area contributed by atoms with Crippen LogP contribution in [0.3, 0.4) is 0 Å². The van der Waals surface area contributed by atoms with Crippen LogP contribution in [-0.2, 0) is 9.59 Å². The van der Waals surface area contributed by atoms with Crippen LogP contribution in [0.2, 0.25) is 0 Å². The van der Waals surface area contributed by atoms with Gasteiger partial charge in [-0.3, -0.25) is 9.59 Å². The van der Waals surface area contributed by atoms with Crippen molar-refractivity contribution in [1.82, 2.24) is 10.2 Å². The molecule has 0 saturated carbocycles. The first-order chi connectivity index (χ1) is 12.0. The van der Waals surface area contributed by atoms with Crippen molar-refractivity contribution in [2.75, 3.05) is 21.3 Å². The molecule has 0 aromatic heterocycles. The number of carbonyl (C=O) groups is 2. The highest BCUT2D eigenvalue weighted by molar-refractivity contribution is 6.10. The number of hydrogen-bond donors (Lipinski definition) is 1. The number of amidine groups is 1. The molecule has 7 heteroatoms. The summed E-state index contributed by atoms with van der Waals surface area (Å²) in [5.41, 5.74) is 0.824. The highest BCUT2D eigenvalue weighted by atomic mass is 16.5. The molecule has 0 radical (unpaired) electrons. The number of fused-ring (bicyclic) bond motifs is 1. The number of nitrogens with zero attached hydrogens (tertiary/aromatic N) is 2. The second-order valence-electron chi connectivity index (χ2n) is 6.04. The van der Waals surface area contributed by atoms with Crippen LogP contribution in [0, 0.1) is 5.92 Å². The van der Waals surface area contributed by atoms with Crippen molar-refractivity contribution < 1.29 is 19.1 Å². The minimum atomic E-state index is -0.643. The Bertz CT molecular complexity index is 772. The Hall–Kier alpha value is -2.83. The molecular weight excluding hydrogens is 322 g/mol. The molecule has 1 aromatic rings. The highest BCUT2D eigenvalue weighted by Crippen LogP contribution is 2.31. The Morgan fingerprint density at radius 2 is 1.96 bits per heavy atom. The molecule has 132 valence electrons. The lowest BCUT2D eigenvalue weighted by molar-refractivity contribution is -0.147. The number of rotatable bonds is 4. The third kappa shape index (κ3) is 2.86. The summed E-state index contributed by atoms with van der Waals surface area (Å²) in [7, 11) is 4.83. The van der Waals surface area contributed by atoms with E-state index in [9.17, 15) is 9.59 Å². The van der Waals surface area contributed by atoms with E-state index in [1.807, 2.05) is 24.3 Å². The highest BCUT2D eigenvalue weighted by Gasteiger charge is 2.47. The Balaban J connectivity index is 1.85. The fourth-order valence-corrected chi connectivity index (χ4v) is 3.15. The molecule has 2 aliphatic rings. The number of benzene rings is 1. The summed E-state index contributed by atoms with van der Waals surface area (Å²) in [5.74, 6) is 0.844. The first-order valence-corrected chi connectivity index (χ1v) is 8.01. The summed E-state index contributed by atoms with van der Waals surface area (Å²) in [6, 6.07) is 5.08. The minimum Gasteiger partial charge on any atom is -0.493 e. The van der Waals surface area contributed by atoms with Crippen molar-refractivity contribution in [3.05, 3.63) is 29.8 Å². The maximum absolute atomic E-state index is 12.3. The summed E-state index contributed by atoms with van der Waals surface area (Å²) in [6.45, 7) is 1.63. The van der Waals surface area contributed by atoms with E-state index in [0.717, 1.165) is 5.56 Å². The largest absolute Gasteiger partial charge is 0.493 e. The standard InChI is InChI=1S/C18H21N3O4/c1-10-15(22)14-17(21(2)18(10)23)20-13(19-14)9-8-11-6-5-7-12(24-3)16(11)25-4/h5-10,14,17H,1-4H3,(H,19,20)/b9-8+. The molecule has 2 heterocycles. The van der Waals surface area contributed by atoms with E-state index in [1.54, 1.807) is 34.3 Å². The maximum Gasteiger partial charge on any atom is 0.234 e. The van der Waals surface area contributed by atoms with Gasteiger partial charge in [0.25, 0.3) is 0 Å². The molecule has 1 saturated heterocycles. The normalized spacial score (nSPS) is 25.7. The molecule has 3 rings (SSSR count). The Morgan fingerprint density at radius 1 is 1.20 bits per heavy atom. The van der Waals surface area contributed by atoms with Crippen LogP contribution in [-0.4, -0.2) is 55.9 Å². The first-order valence-electron chi connectivity index (χ1n) is 8.01. The Morgan fingerprint density at radius 3 is 2.64 bits per heavy atom. The van der Waals surface area contributed by atoms with Gasteiger partial charge in [0.1, 0.15) is 11.9 Å². The fraction of sp³-hybridized carbons (Fsp3) is 0.389. The zero-order valence-electron chi connectivity index (χ0n) is 14.6. The molecule has 3 atom stereocenters. The van der Waals surface area contributed by atoms with Crippen LogP contribution < -0.4 is 14.8 Å². The molecule has 0 bridgehead atoms. The number of amides is 1. The molecule has 25 heavy (non-hydrogen) atoms. The average Bonchev–Trinajstić information content (AvgIpc) is 3.07. The van der Waals surface area contributed by atoms with Crippen LogP contribution in [0.4, 0.5) is 0 Å². The first kappa shape index (κ1) is 17.0. The molecule has 3 unspecified atom stereocenters. The molecule has 0 aliphatic carbocycles. The number of likely N-dealkylation sites (N-methyl/N-ethyl adjacent to an activating group) is 1. The number of para-hydroxylation sites is 1. The molecule has 7 nitrogen and oxygen atoms in total. The molecule has 1 amide bonds. The predicted octanol–water partition coefficient (Wildman–Crippen LogP) is 1.09. The van der Waals surface area contributed by atoms with Crippen LogP contribution in [0.1, 0.15) is 12.5 Å². The second kappa shape index (κ2) is 6.58. The lowest BCUT2D eigenvalue weighted by Gasteiger charge is -2.34. The Kier molecular flexibility index (Phi) is 4.48. The number of nitrogens with one attached hydrogen (secondary N) is 1. The molecule has 0 spiro atoms. The topological polar surface area (TPSA) is 80.2 Å². The number of carbonyl (C=O) groups excluding carboxylic acids is 2. The van der Waals surface area contributed by atoms with E-state index in [0.29, 0.717) is 17.3 Å². The average molecular weight is 343 g/mol. The molecule has 1 N–H and O–H groups in total. The van der Waals surface area contributed by atoms with E-state index < -0.39 is 18.1 Å². The third-order valence-electron chi connectivity index (χ3n) is 4.58. The zero-order valence-corrected chi connectivity index (χ0v) is 14.6. The lowest BCUT2D eigenvalue weighted by atomic mass is 9.92. The number of piperidine rings is 1. The van der Waals surface area contributed by atoms with Gasteiger partial charge in [-0.2, -0.15) is 0 Å². The van der Waals surface area contributed by atoms with Gasteiger partial charge in [-0.1, -0.05) is 12.1 Å². The van der Waals surface area contributed by atoms with E-state index in [2.05, 4.69) is 10.3 Å². The van der Waals surface area contributed by atoms with Crippen molar-refractivity contribution in [2.24, 2.45) is 10.9 Å². The van der Waals surface area contributed by atoms with Crippen molar-refractivity contribution >= 4 is 23.6 Å². The van der Waals surface area contributed by atoms with E-state index >= 15 is 0 Å². The lowest BCUT2D eigenvalue weighted by Crippen LogP contribution is -2.59. The van der Waals surface area contributed by atoms with Crippen molar-refractivity contribution in [2.45, 2.75) is 19.1 Å². The summed E-state index contributed by atoms with van der Waals surface area (Å²) in [4.78, 5) is 30.4. The van der Waals surface area contributed by atoms with Gasteiger partial charge in [0, 0.05) is 12.6 Å². The summed E-state index contributed by atoms with van der Waals surface area (Å²) >= 11 is 0. The van der Waals surface area contributed by atoms with Crippen molar-refractivity contribution in [1.29, 1.82) is 0 Å². The monoisotopic (exact) mass is 343 g/mol. The summed E-state index contributed by atoms with van der Waals surface area (Å²) in [6.07, 6.45) is 3.11. The molecule has 1 fully saturated rings. The number of hydrogen-bond acceptors (Lipinski definition) is 6. The van der Waals surface area contributed by atoms with Crippen molar-refractivity contribution in [3.8, 4) is 11.5 Å². The number of likely N-dealkylation sites (tertiary alicyclic amines) is 1. The van der Waals surface area contributed by atoms with E-state index in [1.165, 1.54) is 4.90 Å². The number of aliphatic imine (C=N–C) groups is 1. The van der Waals surface area contributed by atoms with Gasteiger partial charge >= 0.3 is 0 Å². The second-order valence-corrected chi connectivity index (χ2v) is 6.04. The van der Waals surface area contributed by atoms with Crippen molar-refractivity contribution in [3.63, 3.8) is 0 Å². The third-order valence-corrected chi connectivity index (χ3v) is 4.58. The van der Waals surface area contributed by atoms with Gasteiger partial charge in [0.2, 0.25) is 5.91 Å². The predicted molar refractivity (Wildman–Crippen MR) is 93.7 cm³/mol. The smallest absolute Gasteiger partial charge is 0.234 e. The van der Waals surface area contributed by atoms with Gasteiger partial charge in [0.05, 0.1) is 20.1 Å². The molecule has 1 aromatic carbocycles. The van der Waals surface area contributed by atoms with Gasteiger partial charge in [-0.05, 0) is 25.1 Å². The van der Waals surface area contributed by atoms with E-state index in [4.69, 9.17) is 9.47 Å². The number of ether oxygens (including phenoxy) is 2. The number of Topliss-reactive ketones (excluding diaryl/α,β-unsaturated/α-hetero) is 1. The number of methoxy groups -OCH3 is 2. The SMILES string of the molecule is COc1cccc(/C=C/C2=NC3C(N2)C(=O)C(C)C(=O)N3C)c1OC. The van der Waals surface area contributed by atoms with Crippen LogP contribution >= 0.6 is 0 Å². The van der Waals surface area contributed by atoms with E-state index in [-0.39, 0.29) is 11.7 Å². The number of ketones is 1. The minimum absolute atomic E-state index is 0.126. The summed E-state index contributed by atoms with van der Waals surface area (Å²) < 4.78 is 10.7. The zero-order chi connectivity index (χ0) is 18.1. The maximum atomic E-state index is 12.3. The fourth-order valence-electron chi connectivity index (χ4n) is 3.15. The van der Waals surface area contributed by atoms with Gasteiger partial charge in [-0.15, -0.1) is 0 Å². The molecular formula is C18H21N3O4. The summed E-state index contributed by atoms with van der Waals surface area (Å²) in [5, 5.41) is 3.11.